The zero-order chi connectivity index (χ0) is 11.7. The van der Waals surface area contributed by atoms with E-state index in [1.54, 1.807) is 6.92 Å². The van der Waals surface area contributed by atoms with Crippen LogP contribution in [0.25, 0.3) is 0 Å². The number of allylic oxidation sites excluding steroid dienone is 2. The van der Waals surface area contributed by atoms with E-state index < -0.39 is 12.1 Å². The zero-order valence-corrected chi connectivity index (χ0v) is 9.29. The van der Waals surface area contributed by atoms with Crippen molar-refractivity contribution < 1.29 is 14.3 Å². The molecule has 16 heavy (non-hydrogen) atoms. The van der Waals surface area contributed by atoms with Crippen LogP contribution in [0.1, 0.15) is 26.2 Å². The fourth-order valence-corrected chi connectivity index (χ4v) is 2.00. The number of esters is 1. The van der Waals surface area contributed by atoms with Crippen LogP contribution in [0.15, 0.2) is 35.5 Å². The summed E-state index contributed by atoms with van der Waals surface area (Å²) in [6.07, 6.45) is 5.61. The van der Waals surface area contributed by atoms with Gasteiger partial charge in [0.2, 0.25) is 0 Å². The predicted octanol–water partition coefficient (Wildman–Crippen LogP) is 2.09. The molecule has 0 N–H and O–H groups in total. The molecule has 0 spiro atoms. The third kappa shape index (κ3) is 1.85. The normalized spacial score (nSPS) is 23.3. The number of ether oxygens (including phenoxy) is 1. The fraction of sp³-hybridized carbons (Fsp3) is 0.385. The maximum absolute atomic E-state index is 11.6. The topological polar surface area (TPSA) is 43.4 Å². The highest BCUT2D eigenvalue weighted by Gasteiger charge is 2.35. The third-order valence-electron chi connectivity index (χ3n) is 2.81. The van der Waals surface area contributed by atoms with Gasteiger partial charge in [0, 0.05) is 11.1 Å². The lowest BCUT2D eigenvalue weighted by molar-refractivity contribution is -0.142. The summed E-state index contributed by atoms with van der Waals surface area (Å²) >= 11 is 0. The van der Waals surface area contributed by atoms with Gasteiger partial charge >= 0.3 is 5.97 Å². The molecule has 1 saturated carbocycles. The Hall–Kier alpha value is -1.64. The molecule has 1 atom stereocenters. The molecular weight excluding hydrogens is 204 g/mol. The number of hydrogen-bond donors (Lipinski definition) is 0. The van der Waals surface area contributed by atoms with Gasteiger partial charge in [0.05, 0.1) is 6.42 Å². The van der Waals surface area contributed by atoms with Gasteiger partial charge in [0.1, 0.15) is 6.10 Å². The zero-order valence-electron chi connectivity index (χ0n) is 9.29. The Bertz CT molecular complexity index is 426. The highest BCUT2D eigenvalue weighted by molar-refractivity contribution is 6.04. The summed E-state index contributed by atoms with van der Waals surface area (Å²) in [5, 5.41) is 0. The molecule has 3 heteroatoms. The molecule has 0 aromatic carbocycles. The Morgan fingerprint density at radius 1 is 1.44 bits per heavy atom. The van der Waals surface area contributed by atoms with Crippen molar-refractivity contribution in [2.24, 2.45) is 0 Å². The first-order valence-electron chi connectivity index (χ1n) is 5.40. The molecule has 2 aliphatic rings. The molecule has 84 valence electrons. The van der Waals surface area contributed by atoms with E-state index >= 15 is 0 Å². The molecule has 0 radical (unpaired) electrons. The van der Waals surface area contributed by atoms with Gasteiger partial charge in [-0.05, 0) is 25.3 Å². The van der Waals surface area contributed by atoms with E-state index in [2.05, 4.69) is 6.58 Å². The number of rotatable bonds is 2. The van der Waals surface area contributed by atoms with Crippen LogP contribution in [0.5, 0.6) is 0 Å². The van der Waals surface area contributed by atoms with E-state index in [1.807, 2.05) is 12.2 Å². The van der Waals surface area contributed by atoms with Gasteiger partial charge in [-0.15, -0.1) is 0 Å². The molecule has 0 aliphatic heterocycles. The second kappa shape index (κ2) is 4.08. The molecule has 2 aliphatic carbocycles. The van der Waals surface area contributed by atoms with Crippen LogP contribution in [-0.2, 0) is 14.3 Å². The van der Waals surface area contributed by atoms with Crippen LogP contribution in [-0.4, -0.2) is 17.9 Å². The summed E-state index contributed by atoms with van der Waals surface area (Å²) in [4.78, 5) is 23.0. The second-order valence-corrected chi connectivity index (χ2v) is 4.16. The summed E-state index contributed by atoms with van der Waals surface area (Å²) in [5.41, 5.74) is 1.98. The van der Waals surface area contributed by atoms with E-state index in [0.717, 1.165) is 24.0 Å². The molecule has 0 saturated heterocycles. The lowest BCUT2D eigenvalue weighted by atomic mass is 9.99. The lowest BCUT2D eigenvalue weighted by Crippen LogP contribution is -2.17. The van der Waals surface area contributed by atoms with Crippen molar-refractivity contribution in [3.63, 3.8) is 0 Å². The van der Waals surface area contributed by atoms with Gasteiger partial charge in [-0.25, -0.2) is 4.79 Å². The minimum Gasteiger partial charge on any atom is -0.454 e. The highest BCUT2D eigenvalue weighted by Crippen LogP contribution is 2.34. The van der Waals surface area contributed by atoms with Crippen molar-refractivity contribution >= 4 is 11.8 Å². The summed E-state index contributed by atoms with van der Waals surface area (Å²) in [6.45, 7) is 5.13. The maximum atomic E-state index is 11.6. The smallest absolute Gasteiger partial charge is 0.333 e. The number of hydrogen-bond acceptors (Lipinski definition) is 3. The van der Waals surface area contributed by atoms with Crippen LogP contribution < -0.4 is 0 Å². The average molecular weight is 218 g/mol. The standard InChI is InChI=1S/C13H14O3/c1-8(2)13(15)16-12-7-11(14)9-5-3-4-6-10(9)12/h5-6,12H,1,3-4,7H2,2H3. The predicted molar refractivity (Wildman–Crippen MR) is 59.7 cm³/mol. The molecular formula is C13H14O3. The average Bonchev–Trinajstić information content (AvgIpc) is 2.57. The van der Waals surface area contributed by atoms with E-state index in [4.69, 9.17) is 4.74 Å². The van der Waals surface area contributed by atoms with E-state index in [0.29, 0.717) is 5.57 Å². The van der Waals surface area contributed by atoms with Gasteiger partial charge in [0.25, 0.3) is 0 Å². The third-order valence-corrected chi connectivity index (χ3v) is 2.81. The number of Topliss-reactive ketones (excluding diaryl/α,β-unsaturated/α-hetero) is 1. The van der Waals surface area contributed by atoms with Crippen LogP contribution in [0.4, 0.5) is 0 Å². The fourth-order valence-electron chi connectivity index (χ4n) is 2.00. The number of ketones is 1. The van der Waals surface area contributed by atoms with Crippen LogP contribution in [0.2, 0.25) is 0 Å². The Morgan fingerprint density at radius 2 is 2.12 bits per heavy atom. The van der Waals surface area contributed by atoms with Gasteiger partial charge in [-0.3, -0.25) is 4.79 Å². The molecule has 3 nitrogen and oxygen atoms in total. The maximum Gasteiger partial charge on any atom is 0.333 e. The van der Waals surface area contributed by atoms with Crippen molar-refractivity contribution in [1.29, 1.82) is 0 Å². The summed E-state index contributed by atoms with van der Waals surface area (Å²) in [5.74, 6) is -0.351. The number of fused-ring (bicyclic) bond motifs is 1. The van der Waals surface area contributed by atoms with E-state index in [-0.39, 0.29) is 12.2 Å². The minimum atomic E-state index is -0.425. The minimum absolute atomic E-state index is 0.0745. The SMILES string of the molecule is C=C(C)C(=O)OC1CC(=O)C2=CCCC=C21. The lowest BCUT2D eigenvalue weighted by Gasteiger charge is -2.15. The summed E-state index contributed by atoms with van der Waals surface area (Å²) in [6, 6.07) is 0. The second-order valence-electron chi connectivity index (χ2n) is 4.16. The van der Waals surface area contributed by atoms with Gasteiger partial charge in [-0.1, -0.05) is 18.7 Å². The van der Waals surface area contributed by atoms with Crippen molar-refractivity contribution in [3.8, 4) is 0 Å². The monoisotopic (exact) mass is 218 g/mol. The van der Waals surface area contributed by atoms with Gasteiger partial charge < -0.3 is 4.74 Å². The van der Waals surface area contributed by atoms with Crippen LogP contribution in [0.3, 0.4) is 0 Å². The van der Waals surface area contributed by atoms with Crippen molar-refractivity contribution in [3.05, 3.63) is 35.5 Å². The number of carbonyl (C=O) groups is 2. The molecule has 0 aromatic heterocycles. The molecule has 0 aromatic rings. The highest BCUT2D eigenvalue weighted by atomic mass is 16.5. The summed E-state index contributed by atoms with van der Waals surface area (Å²) in [7, 11) is 0. The Labute approximate surface area is 94.5 Å². The Morgan fingerprint density at radius 3 is 2.81 bits per heavy atom. The largest absolute Gasteiger partial charge is 0.454 e. The van der Waals surface area contributed by atoms with Crippen LogP contribution in [0, 0.1) is 0 Å². The first-order chi connectivity index (χ1) is 7.59. The Kier molecular flexibility index (Phi) is 2.77. The van der Waals surface area contributed by atoms with Crippen molar-refractivity contribution in [2.75, 3.05) is 0 Å². The number of carbonyl (C=O) groups excluding carboxylic acids is 2. The first-order valence-corrected chi connectivity index (χ1v) is 5.40. The van der Waals surface area contributed by atoms with E-state index in [9.17, 15) is 9.59 Å². The Balaban J connectivity index is 2.16. The quantitative estimate of drug-likeness (QED) is 0.526. The molecule has 1 fully saturated rings. The first kappa shape index (κ1) is 10.9. The van der Waals surface area contributed by atoms with E-state index in [1.165, 1.54) is 0 Å². The summed E-state index contributed by atoms with van der Waals surface area (Å²) < 4.78 is 5.24. The van der Waals surface area contributed by atoms with Crippen LogP contribution >= 0.6 is 0 Å². The molecule has 0 bridgehead atoms. The van der Waals surface area contributed by atoms with Crippen molar-refractivity contribution in [2.45, 2.75) is 32.3 Å². The van der Waals surface area contributed by atoms with Crippen molar-refractivity contribution in [1.82, 2.24) is 0 Å². The van der Waals surface area contributed by atoms with Gasteiger partial charge in [-0.2, -0.15) is 0 Å². The van der Waals surface area contributed by atoms with Gasteiger partial charge in [0.15, 0.2) is 5.78 Å². The molecule has 0 amide bonds. The molecule has 2 rings (SSSR count). The molecule has 1 unspecified atom stereocenters. The molecule has 0 heterocycles.